The lowest BCUT2D eigenvalue weighted by Gasteiger charge is -2.39. The minimum atomic E-state index is -0.226. The summed E-state index contributed by atoms with van der Waals surface area (Å²) in [6, 6.07) is 10.1. The van der Waals surface area contributed by atoms with Crippen LogP contribution < -0.4 is 0 Å². The van der Waals surface area contributed by atoms with Crippen molar-refractivity contribution in [2.75, 3.05) is 13.1 Å². The highest BCUT2D eigenvalue weighted by molar-refractivity contribution is 7.81. The van der Waals surface area contributed by atoms with Gasteiger partial charge in [-0.3, -0.25) is 4.79 Å². The molecule has 1 fully saturated rings. The quantitative estimate of drug-likeness (QED) is 0.841. The van der Waals surface area contributed by atoms with Gasteiger partial charge in [0.15, 0.2) is 0 Å². The lowest BCUT2D eigenvalue weighted by molar-refractivity contribution is -0.133. The molecular formula is C16H23NOS. The fourth-order valence-electron chi connectivity index (χ4n) is 2.75. The molecule has 19 heavy (non-hydrogen) atoms. The van der Waals surface area contributed by atoms with Crippen LogP contribution in [0.1, 0.15) is 32.3 Å². The maximum absolute atomic E-state index is 12.4. The van der Waals surface area contributed by atoms with Crippen molar-refractivity contribution < 1.29 is 4.79 Å². The second-order valence-corrected chi connectivity index (χ2v) is 6.86. The van der Waals surface area contributed by atoms with E-state index < -0.39 is 0 Å². The Kier molecular flexibility index (Phi) is 4.56. The molecule has 1 unspecified atom stereocenters. The Morgan fingerprint density at radius 2 is 2.05 bits per heavy atom. The Morgan fingerprint density at radius 3 is 2.68 bits per heavy atom. The van der Waals surface area contributed by atoms with E-state index in [0.29, 0.717) is 6.42 Å². The average molecular weight is 277 g/mol. The van der Waals surface area contributed by atoms with Crippen molar-refractivity contribution >= 4 is 18.5 Å². The molecule has 3 heteroatoms. The number of carbonyl (C=O) groups is 1. The number of hydrogen-bond donors (Lipinski definition) is 1. The summed E-state index contributed by atoms with van der Waals surface area (Å²) >= 11 is 4.51. The number of carbonyl (C=O) groups excluding carboxylic acids is 1. The van der Waals surface area contributed by atoms with E-state index in [1.807, 2.05) is 23.1 Å². The number of piperidine rings is 1. The largest absolute Gasteiger partial charge is 0.341 e. The van der Waals surface area contributed by atoms with Gasteiger partial charge in [0, 0.05) is 13.1 Å². The van der Waals surface area contributed by atoms with Crippen molar-refractivity contribution in [2.24, 2.45) is 5.41 Å². The number of thiol groups is 1. The van der Waals surface area contributed by atoms with Crippen LogP contribution in [-0.4, -0.2) is 29.1 Å². The molecule has 1 heterocycles. The Labute approximate surface area is 121 Å². The van der Waals surface area contributed by atoms with Crippen LogP contribution in [0.25, 0.3) is 0 Å². The van der Waals surface area contributed by atoms with E-state index in [0.717, 1.165) is 19.5 Å². The van der Waals surface area contributed by atoms with E-state index in [1.54, 1.807) is 0 Å². The third-order valence-electron chi connectivity index (χ3n) is 3.77. The van der Waals surface area contributed by atoms with Crippen molar-refractivity contribution in [2.45, 2.75) is 38.4 Å². The number of nitrogens with zero attached hydrogens (tertiary/aromatic N) is 1. The maximum Gasteiger partial charge on any atom is 0.235 e. The summed E-state index contributed by atoms with van der Waals surface area (Å²) in [6.07, 6.45) is 3.01. The van der Waals surface area contributed by atoms with Crippen molar-refractivity contribution in [1.29, 1.82) is 0 Å². The highest BCUT2D eigenvalue weighted by atomic mass is 32.1. The van der Waals surface area contributed by atoms with Gasteiger partial charge in [0.1, 0.15) is 0 Å². The fourth-order valence-corrected chi connectivity index (χ4v) is 3.12. The van der Waals surface area contributed by atoms with Gasteiger partial charge in [-0.2, -0.15) is 12.6 Å². The van der Waals surface area contributed by atoms with Gasteiger partial charge in [-0.1, -0.05) is 44.2 Å². The smallest absolute Gasteiger partial charge is 0.235 e. The van der Waals surface area contributed by atoms with E-state index in [4.69, 9.17) is 0 Å². The molecule has 1 atom stereocenters. The summed E-state index contributed by atoms with van der Waals surface area (Å²) < 4.78 is 0. The predicted molar refractivity (Wildman–Crippen MR) is 82.5 cm³/mol. The SMILES string of the molecule is CC1(C)CCCN(C(=O)C(S)Cc2ccccc2)C1. The van der Waals surface area contributed by atoms with Crippen molar-refractivity contribution in [3.05, 3.63) is 35.9 Å². The van der Waals surface area contributed by atoms with Crippen LogP contribution in [0, 0.1) is 5.41 Å². The van der Waals surface area contributed by atoms with Gasteiger partial charge in [0.05, 0.1) is 5.25 Å². The number of benzene rings is 1. The van der Waals surface area contributed by atoms with Crippen LogP contribution in [0.4, 0.5) is 0 Å². The van der Waals surface area contributed by atoms with Crippen LogP contribution >= 0.6 is 12.6 Å². The topological polar surface area (TPSA) is 20.3 Å². The summed E-state index contributed by atoms with van der Waals surface area (Å²) in [5, 5.41) is -0.226. The molecular weight excluding hydrogens is 254 g/mol. The van der Waals surface area contributed by atoms with Gasteiger partial charge >= 0.3 is 0 Å². The van der Waals surface area contributed by atoms with Crippen molar-refractivity contribution in [3.63, 3.8) is 0 Å². The van der Waals surface area contributed by atoms with E-state index >= 15 is 0 Å². The average Bonchev–Trinajstić information content (AvgIpc) is 2.38. The minimum Gasteiger partial charge on any atom is -0.341 e. The summed E-state index contributed by atoms with van der Waals surface area (Å²) in [4.78, 5) is 14.4. The highest BCUT2D eigenvalue weighted by Crippen LogP contribution is 2.29. The standard InChI is InChI=1S/C16H23NOS/c1-16(2)9-6-10-17(12-16)15(18)14(19)11-13-7-4-3-5-8-13/h3-5,7-8,14,19H,6,9-12H2,1-2H3. The van der Waals surface area contributed by atoms with E-state index in [9.17, 15) is 4.79 Å². The minimum absolute atomic E-state index is 0.181. The molecule has 1 aliphatic rings. The lowest BCUT2D eigenvalue weighted by Crippen LogP contribution is -2.46. The van der Waals surface area contributed by atoms with Gasteiger partial charge in [-0.05, 0) is 30.2 Å². The molecule has 0 N–H and O–H groups in total. The monoisotopic (exact) mass is 277 g/mol. The zero-order chi connectivity index (χ0) is 13.9. The number of likely N-dealkylation sites (tertiary alicyclic amines) is 1. The second kappa shape index (κ2) is 6.00. The molecule has 104 valence electrons. The van der Waals surface area contributed by atoms with E-state index in [2.05, 4.69) is 38.6 Å². The van der Waals surface area contributed by atoms with E-state index in [-0.39, 0.29) is 16.6 Å². The molecule has 2 rings (SSSR count). The van der Waals surface area contributed by atoms with Gasteiger partial charge in [0.2, 0.25) is 5.91 Å². The molecule has 0 aliphatic carbocycles. The summed E-state index contributed by atoms with van der Waals surface area (Å²) in [7, 11) is 0. The zero-order valence-electron chi connectivity index (χ0n) is 11.8. The molecule has 2 nitrogen and oxygen atoms in total. The third-order valence-corrected chi connectivity index (χ3v) is 4.17. The molecule has 0 aromatic heterocycles. The van der Waals surface area contributed by atoms with Crippen LogP contribution in [0.5, 0.6) is 0 Å². The molecule has 0 spiro atoms. The second-order valence-electron chi connectivity index (χ2n) is 6.23. The van der Waals surface area contributed by atoms with Crippen LogP contribution in [-0.2, 0) is 11.2 Å². The first kappa shape index (κ1) is 14.4. The summed E-state index contributed by atoms with van der Waals surface area (Å²) in [5.41, 5.74) is 1.42. The van der Waals surface area contributed by atoms with Gasteiger partial charge in [-0.25, -0.2) is 0 Å². The molecule has 1 aromatic carbocycles. The Morgan fingerprint density at radius 1 is 1.37 bits per heavy atom. The van der Waals surface area contributed by atoms with Crippen LogP contribution in [0.15, 0.2) is 30.3 Å². The van der Waals surface area contributed by atoms with Crippen molar-refractivity contribution in [1.82, 2.24) is 4.90 Å². The first-order chi connectivity index (χ1) is 8.98. The Bertz CT molecular complexity index is 430. The molecule has 0 radical (unpaired) electrons. The lowest BCUT2D eigenvalue weighted by atomic mass is 9.84. The maximum atomic E-state index is 12.4. The third kappa shape index (κ3) is 4.00. The zero-order valence-corrected chi connectivity index (χ0v) is 12.7. The number of hydrogen-bond acceptors (Lipinski definition) is 2. The molecule has 1 saturated heterocycles. The first-order valence-electron chi connectivity index (χ1n) is 6.99. The normalized spacial score (nSPS) is 20.1. The molecule has 1 amide bonds. The number of rotatable bonds is 3. The Balaban J connectivity index is 1.95. The Hall–Kier alpha value is -0.960. The van der Waals surface area contributed by atoms with Crippen LogP contribution in [0.3, 0.4) is 0 Å². The van der Waals surface area contributed by atoms with Crippen LogP contribution in [0.2, 0.25) is 0 Å². The number of amides is 1. The fraction of sp³-hybridized carbons (Fsp3) is 0.562. The van der Waals surface area contributed by atoms with Gasteiger partial charge in [-0.15, -0.1) is 0 Å². The van der Waals surface area contributed by atoms with E-state index in [1.165, 1.54) is 12.0 Å². The molecule has 1 aromatic rings. The summed E-state index contributed by atoms with van der Waals surface area (Å²) in [5.74, 6) is 0.181. The summed E-state index contributed by atoms with van der Waals surface area (Å²) in [6.45, 7) is 6.21. The first-order valence-corrected chi connectivity index (χ1v) is 7.50. The molecule has 0 bridgehead atoms. The van der Waals surface area contributed by atoms with Gasteiger partial charge < -0.3 is 4.90 Å². The predicted octanol–water partition coefficient (Wildman–Crippen LogP) is 3.18. The molecule has 0 saturated carbocycles. The van der Waals surface area contributed by atoms with Gasteiger partial charge in [0.25, 0.3) is 0 Å². The molecule has 1 aliphatic heterocycles. The highest BCUT2D eigenvalue weighted by Gasteiger charge is 2.31. The van der Waals surface area contributed by atoms with Crippen molar-refractivity contribution in [3.8, 4) is 0 Å².